The summed E-state index contributed by atoms with van der Waals surface area (Å²) in [6.07, 6.45) is 0. The number of nitrogens with one attached hydrogen (secondary N) is 1. The second-order valence-electron chi connectivity index (χ2n) is 4.65. The number of aromatic amines is 1. The molecule has 0 fully saturated rings. The third-order valence-electron chi connectivity index (χ3n) is 3.31. The van der Waals surface area contributed by atoms with Gasteiger partial charge in [0, 0.05) is 6.07 Å². The zero-order chi connectivity index (χ0) is 15.0. The first-order valence-electron chi connectivity index (χ1n) is 6.29. The molecule has 0 aliphatic heterocycles. The lowest BCUT2D eigenvalue weighted by Gasteiger charge is -2.06. The van der Waals surface area contributed by atoms with Gasteiger partial charge in [0.15, 0.2) is 16.4 Å². The molecule has 0 saturated carbocycles. The zero-order valence-electron chi connectivity index (χ0n) is 11.2. The lowest BCUT2D eigenvalue weighted by molar-refractivity contribution is 0.415. The number of nitrogens with zero attached hydrogens (tertiary/aromatic N) is 1. The number of imidazole rings is 1. The lowest BCUT2D eigenvalue weighted by atomic mass is 10.2. The van der Waals surface area contributed by atoms with Crippen LogP contribution in [0.2, 0.25) is 0 Å². The Kier molecular flexibility index (Phi) is 3.47. The molecule has 21 heavy (non-hydrogen) atoms. The fourth-order valence-corrected chi connectivity index (χ4v) is 2.51. The number of hydrogen-bond acceptors (Lipinski definition) is 2. The van der Waals surface area contributed by atoms with Crippen molar-refractivity contribution in [1.82, 2.24) is 9.55 Å². The summed E-state index contributed by atoms with van der Waals surface area (Å²) in [5, 5.41) is 0. The maximum atomic E-state index is 13.3. The van der Waals surface area contributed by atoms with Crippen LogP contribution < -0.4 is 4.74 Å². The number of halogens is 2. The maximum absolute atomic E-state index is 13.3. The average molecular weight is 306 g/mol. The number of benzene rings is 2. The van der Waals surface area contributed by atoms with Gasteiger partial charge in [0.25, 0.3) is 0 Å². The highest BCUT2D eigenvalue weighted by atomic mass is 32.1. The molecule has 0 aliphatic rings. The third kappa shape index (κ3) is 2.54. The van der Waals surface area contributed by atoms with Gasteiger partial charge in [-0.3, -0.25) is 0 Å². The minimum Gasteiger partial charge on any atom is -0.497 e. The normalized spacial score (nSPS) is 11.0. The van der Waals surface area contributed by atoms with Crippen molar-refractivity contribution < 1.29 is 13.5 Å². The van der Waals surface area contributed by atoms with E-state index in [1.807, 2.05) is 22.8 Å². The summed E-state index contributed by atoms with van der Waals surface area (Å²) in [6, 6.07) is 9.38. The molecule has 0 unspecified atom stereocenters. The second kappa shape index (κ2) is 5.29. The summed E-state index contributed by atoms with van der Waals surface area (Å²) in [7, 11) is 1.59. The zero-order valence-corrected chi connectivity index (χ0v) is 12.0. The Morgan fingerprint density at radius 1 is 1.14 bits per heavy atom. The first-order valence-corrected chi connectivity index (χ1v) is 6.70. The van der Waals surface area contributed by atoms with Gasteiger partial charge in [-0.2, -0.15) is 0 Å². The van der Waals surface area contributed by atoms with E-state index in [9.17, 15) is 8.78 Å². The van der Waals surface area contributed by atoms with Crippen LogP contribution >= 0.6 is 12.2 Å². The predicted molar refractivity (Wildman–Crippen MR) is 79.1 cm³/mol. The van der Waals surface area contributed by atoms with Gasteiger partial charge < -0.3 is 14.3 Å². The molecule has 6 heteroatoms. The van der Waals surface area contributed by atoms with E-state index in [0.717, 1.165) is 17.1 Å². The van der Waals surface area contributed by atoms with Gasteiger partial charge in [-0.25, -0.2) is 8.78 Å². The van der Waals surface area contributed by atoms with E-state index < -0.39 is 11.6 Å². The van der Waals surface area contributed by atoms with Gasteiger partial charge in [-0.05, 0) is 42.0 Å². The Bertz CT molecular complexity index is 870. The summed E-state index contributed by atoms with van der Waals surface area (Å²) in [4.78, 5) is 3.08. The molecule has 0 radical (unpaired) electrons. The highest BCUT2D eigenvalue weighted by molar-refractivity contribution is 7.71. The molecule has 0 saturated heterocycles. The molecule has 1 aromatic heterocycles. The van der Waals surface area contributed by atoms with E-state index in [2.05, 4.69) is 4.98 Å². The molecule has 2 aromatic carbocycles. The van der Waals surface area contributed by atoms with Crippen molar-refractivity contribution in [2.45, 2.75) is 6.54 Å². The third-order valence-corrected chi connectivity index (χ3v) is 3.63. The summed E-state index contributed by atoms with van der Waals surface area (Å²) in [5.41, 5.74) is 2.35. The minimum absolute atomic E-state index is 0.350. The van der Waals surface area contributed by atoms with Gasteiger partial charge in [-0.1, -0.05) is 6.07 Å². The number of hydrogen-bond donors (Lipinski definition) is 1. The molecule has 0 spiro atoms. The van der Waals surface area contributed by atoms with Crippen LogP contribution in [-0.4, -0.2) is 16.7 Å². The van der Waals surface area contributed by atoms with Crippen molar-refractivity contribution in [2.75, 3.05) is 7.11 Å². The Morgan fingerprint density at radius 3 is 2.67 bits per heavy atom. The Balaban J connectivity index is 2.08. The van der Waals surface area contributed by atoms with Gasteiger partial charge in [0.05, 0.1) is 24.7 Å². The molecule has 3 aromatic rings. The lowest BCUT2D eigenvalue weighted by Crippen LogP contribution is -2.01. The van der Waals surface area contributed by atoms with Crippen LogP contribution in [0, 0.1) is 16.4 Å². The SMILES string of the molecule is COc1ccc2[nH]c(=S)n(Cc3ccc(F)c(F)c3)c2c1. The van der Waals surface area contributed by atoms with Gasteiger partial charge in [-0.15, -0.1) is 0 Å². The van der Waals surface area contributed by atoms with E-state index in [0.29, 0.717) is 22.6 Å². The van der Waals surface area contributed by atoms with Crippen LogP contribution in [0.15, 0.2) is 36.4 Å². The first kappa shape index (κ1) is 13.8. The summed E-state index contributed by atoms with van der Waals surface area (Å²) in [5.74, 6) is -1.02. The molecular formula is C15H12F2N2OS. The van der Waals surface area contributed by atoms with Crippen molar-refractivity contribution in [3.63, 3.8) is 0 Å². The van der Waals surface area contributed by atoms with Crippen LogP contribution in [0.1, 0.15) is 5.56 Å². The van der Waals surface area contributed by atoms with Crippen molar-refractivity contribution in [3.05, 3.63) is 58.4 Å². The van der Waals surface area contributed by atoms with Crippen LogP contribution in [0.3, 0.4) is 0 Å². The summed E-state index contributed by atoms with van der Waals surface area (Å²) in [6.45, 7) is 0.350. The Hall–Kier alpha value is -2.21. The van der Waals surface area contributed by atoms with E-state index in [1.165, 1.54) is 6.07 Å². The Labute approximate surface area is 124 Å². The number of methoxy groups -OCH3 is 1. The second-order valence-corrected chi connectivity index (χ2v) is 5.03. The van der Waals surface area contributed by atoms with E-state index in [-0.39, 0.29) is 0 Å². The van der Waals surface area contributed by atoms with Crippen molar-refractivity contribution in [2.24, 2.45) is 0 Å². The maximum Gasteiger partial charge on any atom is 0.178 e. The summed E-state index contributed by atoms with van der Waals surface area (Å²) < 4.78 is 33.8. The van der Waals surface area contributed by atoms with E-state index >= 15 is 0 Å². The summed E-state index contributed by atoms with van der Waals surface area (Å²) >= 11 is 5.29. The first-order chi connectivity index (χ1) is 10.1. The Morgan fingerprint density at radius 2 is 1.95 bits per heavy atom. The molecule has 0 aliphatic carbocycles. The molecule has 1 N–H and O–H groups in total. The van der Waals surface area contributed by atoms with Crippen LogP contribution in [-0.2, 0) is 6.54 Å². The van der Waals surface area contributed by atoms with E-state index in [1.54, 1.807) is 13.2 Å². The molecule has 1 heterocycles. The highest BCUT2D eigenvalue weighted by Gasteiger charge is 2.08. The largest absolute Gasteiger partial charge is 0.497 e. The monoisotopic (exact) mass is 306 g/mol. The van der Waals surface area contributed by atoms with Crippen LogP contribution in [0.4, 0.5) is 8.78 Å². The smallest absolute Gasteiger partial charge is 0.178 e. The van der Waals surface area contributed by atoms with Gasteiger partial charge in [0.2, 0.25) is 0 Å². The molecular weight excluding hydrogens is 294 g/mol. The van der Waals surface area contributed by atoms with Crippen molar-refractivity contribution in [1.29, 1.82) is 0 Å². The average Bonchev–Trinajstić information content (AvgIpc) is 2.78. The van der Waals surface area contributed by atoms with Gasteiger partial charge >= 0.3 is 0 Å². The quantitative estimate of drug-likeness (QED) is 0.740. The topological polar surface area (TPSA) is 29.9 Å². The predicted octanol–water partition coefficient (Wildman–Crippen LogP) is 4.03. The van der Waals surface area contributed by atoms with Crippen molar-refractivity contribution >= 4 is 23.3 Å². The van der Waals surface area contributed by atoms with Crippen LogP contribution in [0.5, 0.6) is 5.75 Å². The fraction of sp³-hybridized carbons (Fsp3) is 0.133. The minimum atomic E-state index is -0.864. The molecule has 0 atom stereocenters. The van der Waals surface area contributed by atoms with Crippen LogP contribution in [0.25, 0.3) is 11.0 Å². The number of aromatic nitrogens is 2. The molecule has 108 valence electrons. The van der Waals surface area contributed by atoms with E-state index in [4.69, 9.17) is 17.0 Å². The fourth-order valence-electron chi connectivity index (χ4n) is 2.24. The molecule has 0 bridgehead atoms. The number of rotatable bonds is 3. The number of ether oxygens (including phenoxy) is 1. The highest BCUT2D eigenvalue weighted by Crippen LogP contribution is 2.22. The van der Waals surface area contributed by atoms with Gasteiger partial charge in [0.1, 0.15) is 5.75 Å². The molecule has 3 rings (SSSR count). The standard InChI is InChI=1S/C15H12F2N2OS/c1-20-10-3-5-13-14(7-10)19(15(21)18-13)8-9-2-4-11(16)12(17)6-9/h2-7H,8H2,1H3,(H,18,21). The number of H-pyrrole nitrogens is 1. The molecule has 3 nitrogen and oxygen atoms in total. The van der Waals surface area contributed by atoms with Crippen molar-refractivity contribution in [3.8, 4) is 5.75 Å². The number of fused-ring (bicyclic) bond motifs is 1. The molecule has 0 amide bonds.